The van der Waals surface area contributed by atoms with Crippen LogP contribution in [0.25, 0.3) is 0 Å². The van der Waals surface area contributed by atoms with Crippen molar-refractivity contribution in [3.8, 4) is 12.0 Å². The summed E-state index contributed by atoms with van der Waals surface area (Å²) >= 11 is 0. The second kappa shape index (κ2) is 18.0. The number of ether oxygens (including phenoxy) is 2. The van der Waals surface area contributed by atoms with Crippen LogP contribution in [-0.2, 0) is 20.6 Å². The molecule has 0 aromatic carbocycles. The quantitative estimate of drug-likeness (QED) is 0.276. The molecule has 0 N–H and O–H groups in total. The topological polar surface area (TPSA) is 80.9 Å². The van der Waals surface area contributed by atoms with Crippen molar-refractivity contribution in [3.63, 3.8) is 0 Å². The lowest BCUT2D eigenvalue weighted by Gasteiger charge is -2.26. The minimum absolute atomic E-state index is 0. The maximum absolute atomic E-state index is 10.7. The molecule has 222 valence electrons. The van der Waals surface area contributed by atoms with Gasteiger partial charge in [0.15, 0.2) is 6.29 Å². The molecule has 4 rings (SSSR count). The SMILES string of the molecule is C.CN(C)Cc1cnc(OCCCN2CCCCC2)n1C.Cn1c(C=O)cnc1OCCCN1CCCCC1. The molecule has 10 heteroatoms. The Morgan fingerprint density at radius 2 is 1.28 bits per heavy atom. The standard InChI is InChI=1S/C15H28N4O.C13H21N3O2.CH4/c1-17(2)13-14-12-16-15(18(14)3)20-11-7-10-19-8-5-4-6-9-19;1-15-12(11-17)10-14-13(15)18-9-5-8-16-6-3-2-4-7-16;/h12H,4-11,13H2,1-3H3;10-11H,2-9H2,1H3;1H4. The molecule has 0 saturated carbocycles. The van der Waals surface area contributed by atoms with Crippen LogP contribution in [0.1, 0.15) is 75.0 Å². The fourth-order valence-electron chi connectivity index (χ4n) is 4.95. The van der Waals surface area contributed by atoms with E-state index in [0.29, 0.717) is 18.3 Å². The summed E-state index contributed by atoms with van der Waals surface area (Å²) in [5, 5.41) is 0. The monoisotopic (exact) mass is 547 g/mol. The van der Waals surface area contributed by atoms with Gasteiger partial charge in [-0.2, -0.15) is 0 Å². The van der Waals surface area contributed by atoms with Gasteiger partial charge in [0, 0.05) is 33.7 Å². The minimum atomic E-state index is 0. The lowest BCUT2D eigenvalue weighted by molar-refractivity contribution is 0.111. The number of imidazole rings is 2. The van der Waals surface area contributed by atoms with Gasteiger partial charge in [0.1, 0.15) is 5.69 Å². The van der Waals surface area contributed by atoms with Crippen LogP contribution in [0.5, 0.6) is 12.0 Å². The highest BCUT2D eigenvalue weighted by Gasteiger charge is 2.12. The van der Waals surface area contributed by atoms with E-state index in [1.54, 1.807) is 11.6 Å². The van der Waals surface area contributed by atoms with Gasteiger partial charge in [0.05, 0.1) is 31.3 Å². The second-order valence-corrected chi connectivity index (χ2v) is 10.7. The molecule has 0 bridgehead atoms. The van der Waals surface area contributed by atoms with Crippen molar-refractivity contribution in [2.24, 2.45) is 14.1 Å². The summed E-state index contributed by atoms with van der Waals surface area (Å²) in [5.74, 6) is 0. The first-order valence-electron chi connectivity index (χ1n) is 14.3. The van der Waals surface area contributed by atoms with E-state index >= 15 is 0 Å². The summed E-state index contributed by atoms with van der Waals surface area (Å²) in [6.45, 7) is 9.49. The fraction of sp³-hybridized carbons (Fsp3) is 0.759. The number of carbonyl (C=O) groups is 1. The van der Waals surface area contributed by atoms with Gasteiger partial charge in [-0.1, -0.05) is 20.3 Å². The van der Waals surface area contributed by atoms with Gasteiger partial charge in [-0.25, -0.2) is 9.97 Å². The van der Waals surface area contributed by atoms with Crippen molar-refractivity contribution in [1.82, 2.24) is 33.8 Å². The van der Waals surface area contributed by atoms with Crippen molar-refractivity contribution in [2.45, 2.75) is 65.3 Å². The van der Waals surface area contributed by atoms with E-state index in [1.165, 1.54) is 76.6 Å². The number of aromatic nitrogens is 4. The number of rotatable bonds is 13. The van der Waals surface area contributed by atoms with Gasteiger partial charge in [-0.3, -0.25) is 9.36 Å². The third-order valence-electron chi connectivity index (χ3n) is 7.22. The first-order valence-corrected chi connectivity index (χ1v) is 14.3. The largest absolute Gasteiger partial charge is 0.465 e. The molecule has 2 fully saturated rings. The summed E-state index contributed by atoms with van der Waals surface area (Å²) in [6, 6.07) is 1.26. The molecule has 2 saturated heterocycles. The van der Waals surface area contributed by atoms with Crippen LogP contribution in [0.4, 0.5) is 0 Å². The Balaban J connectivity index is 0.000000268. The van der Waals surface area contributed by atoms with Gasteiger partial charge in [0.2, 0.25) is 0 Å². The molecule has 0 spiro atoms. The average molecular weight is 548 g/mol. The molecule has 10 nitrogen and oxygen atoms in total. The van der Waals surface area contributed by atoms with Gasteiger partial charge < -0.3 is 28.7 Å². The zero-order valence-corrected chi connectivity index (χ0v) is 24.1. The van der Waals surface area contributed by atoms with E-state index in [1.807, 2.05) is 17.8 Å². The maximum Gasteiger partial charge on any atom is 0.296 e. The second-order valence-electron chi connectivity index (χ2n) is 10.7. The summed E-state index contributed by atoms with van der Waals surface area (Å²) in [6.07, 6.45) is 14.4. The van der Waals surface area contributed by atoms with E-state index < -0.39 is 0 Å². The Bertz CT molecular complexity index is 931. The van der Waals surface area contributed by atoms with Crippen LogP contribution >= 0.6 is 0 Å². The number of aldehydes is 1. The lowest BCUT2D eigenvalue weighted by Crippen LogP contribution is -2.31. The molecule has 2 aliphatic rings. The molecule has 0 aliphatic carbocycles. The molecule has 0 atom stereocenters. The molecule has 0 amide bonds. The lowest BCUT2D eigenvalue weighted by atomic mass is 10.1. The van der Waals surface area contributed by atoms with Crippen LogP contribution in [0.3, 0.4) is 0 Å². The Kier molecular flexibility index (Phi) is 15.1. The van der Waals surface area contributed by atoms with Gasteiger partial charge in [-0.15, -0.1) is 0 Å². The van der Waals surface area contributed by atoms with Crippen LogP contribution in [0.15, 0.2) is 12.4 Å². The van der Waals surface area contributed by atoms with Gasteiger partial charge in [-0.05, 0) is 78.8 Å². The molecule has 2 aromatic heterocycles. The van der Waals surface area contributed by atoms with E-state index in [0.717, 1.165) is 51.4 Å². The van der Waals surface area contributed by atoms with Crippen LogP contribution in [-0.4, -0.2) is 107 Å². The van der Waals surface area contributed by atoms with Crippen LogP contribution < -0.4 is 9.47 Å². The van der Waals surface area contributed by atoms with E-state index in [2.05, 4.69) is 38.8 Å². The first kappa shape index (κ1) is 32.8. The minimum Gasteiger partial charge on any atom is -0.465 e. The molecule has 2 aromatic rings. The van der Waals surface area contributed by atoms with Crippen molar-refractivity contribution in [2.75, 3.05) is 66.6 Å². The van der Waals surface area contributed by atoms with Crippen molar-refractivity contribution in [1.29, 1.82) is 0 Å². The highest BCUT2D eigenvalue weighted by molar-refractivity contribution is 5.72. The highest BCUT2D eigenvalue weighted by atomic mass is 16.5. The van der Waals surface area contributed by atoms with Crippen LogP contribution in [0.2, 0.25) is 0 Å². The number of likely N-dealkylation sites (tertiary alicyclic amines) is 2. The molecule has 0 radical (unpaired) electrons. The number of carbonyl (C=O) groups excluding carboxylic acids is 1. The van der Waals surface area contributed by atoms with E-state index in [-0.39, 0.29) is 7.43 Å². The average Bonchev–Trinajstić information content (AvgIpc) is 3.46. The zero-order chi connectivity index (χ0) is 27.2. The maximum atomic E-state index is 10.7. The Labute approximate surface area is 236 Å². The summed E-state index contributed by atoms with van der Waals surface area (Å²) in [7, 11) is 7.93. The highest BCUT2D eigenvalue weighted by Crippen LogP contribution is 2.14. The number of hydrogen-bond donors (Lipinski definition) is 0. The Morgan fingerprint density at radius 3 is 1.74 bits per heavy atom. The summed E-state index contributed by atoms with van der Waals surface area (Å²) < 4.78 is 15.1. The molecular formula is C29H53N7O3. The molecule has 2 aliphatic heterocycles. The van der Waals surface area contributed by atoms with Crippen LogP contribution in [0, 0.1) is 0 Å². The van der Waals surface area contributed by atoms with E-state index in [4.69, 9.17) is 9.47 Å². The molecule has 4 heterocycles. The van der Waals surface area contributed by atoms with Crippen molar-refractivity contribution >= 4 is 6.29 Å². The third-order valence-corrected chi connectivity index (χ3v) is 7.22. The van der Waals surface area contributed by atoms with Crippen molar-refractivity contribution < 1.29 is 14.3 Å². The first-order chi connectivity index (χ1) is 18.5. The summed E-state index contributed by atoms with van der Waals surface area (Å²) in [5.41, 5.74) is 1.72. The number of piperidine rings is 2. The number of nitrogens with zero attached hydrogens (tertiary/aromatic N) is 7. The zero-order valence-electron chi connectivity index (χ0n) is 24.1. The van der Waals surface area contributed by atoms with Gasteiger partial charge >= 0.3 is 0 Å². The third kappa shape index (κ3) is 11.3. The van der Waals surface area contributed by atoms with Gasteiger partial charge in [0.25, 0.3) is 12.0 Å². The smallest absolute Gasteiger partial charge is 0.296 e. The Morgan fingerprint density at radius 1 is 0.795 bits per heavy atom. The Hall–Kier alpha value is -2.43. The normalized spacial score (nSPS) is 16.3. The fourth-order valence-corrected chi connectivity index (χ4v) is 4.95. The van der Waals surface area contributed by atoms with E-state index in [9.17, 15) is 4.79 Å². The number of hydrogen-bond acceptors (Lipinski definition) is 8. The predicted octanol–water partition coefficient (Wildman–Crippen LogP) is 3.86. The molecule has 39 heavy (non-hydrogen) atoms. The summed E-state index contributed by atoms with van der Waals surface area (Å²) in [4.78, 5) is 26.2. The van der Waals surface area contributed by atoms with Crippen molar-refractivity contribution in [3.05, 3.63) is 23.8 Å². The molecular weight excluding hydrogens is 494 g/mol. The molecule has 0 unspecified atom stereocenters. The predicted molar refractivity (Wildman–Crippen MR) is 157 cm³/mol.